The Morgan fingerprint density at radius 1 is 1.44 bits per heavy atom. The molecule has 3 N–H and O–H groups in total. The highest BCUT2D eigenvalue weighted by Gasteiger charge is 2.29. The summed E-state index contributed by atoms with van der Waals surface area (Å²) in [6.45, 7) is 2.89. The minimum atomic E-state index is -0.0900. The number of rotatable bonds is 2. The predicted molar refractivity (Wildman–Crippen MR) is 74.6 cm³/mol. The number of aryl methyl sites for hydroxylation is 1. The van der Waals surface area contributed by atoms with Crippen LogP contribution in [0.1, 0.15) is 24.8 Å². The molecule has 0 radical (unpaired) electrons. The zero-order valence-electron chi connectivity index (χ0n) is 11.1. The molecule has 98 valence electrons. The molecule has 0 aliphatic carbocycles. The van der Waals surface area contributed by atoms with Crippen LogP contribution in [0.5, 0.6) is 0 Å². The molecule has 0 spiro atoms. The minimum Gasteiger partial charge on any atom is -0.397 e. The quantitative estimate of drug-likeness (QED) is 0.782. The Morgan fingerprint density at radius 3 is 2.94 bits per heavy atom. The highest BCUT2D eigenvalue weighted by molar-refractivity contribution is 5.87. The van der Waals surface area contributed by atoms with Crippen molar-refractivity contribution in [2.45, 2.75) is 32.2 Å². The highest BCUT2D eigenvalue weighted by atomic mass is 16.2. The average molecular weight is 247 g/mol. The first kappa shape index (κ1) is 12.7. The number of benzene rings is 1. The fourth-order valence-corrected chi connectivity index (χ4v) is 2.57. The van der Waals surface area contributed by atoms with Crippen LogP contribution < -0.4 is 16.0 Å². The molecular weight excluding hydrogens is 226 g/mol. The van der Waals surface area contributed by atoms with Gasteiger partial charge in [0.2, 0.25) is 5.91 Å². The van der Waals surface area contributed by atoms with E-state index in [0.29, 0.717) is 0 Å². The smallest absolute Gasteiger partial charge is 0.242 e. The summed E-state index contributed by atoms with van der Waals surface area (Å²) in [5.41, 5.74) is 8.98. The highest BCUT2D eigenvalue weighted by Crippen LogP contribution is 2.31. The number of carbonyl (C=O) groups excluding carboxylic acids is 1. The van der Waals surface area contributed by atoms with Gasteiger partial charge < -0.3 is 16.0 Å². The third-order valence-electron chi connectivity index (χ3n) is 3.66. The Bertz CT molecular complexity index is 445. The van der Waals surface area contributed by atoms with Crippen LogP contribution in [0.3, 0.4) is 0 Å². The van der Waals surface area contributed by atoms with E-state index in [0.717, 1.165) is 42.7 Å². The second-order valence-corrected chi connectivity index (χ2v) is 4.83. The molecule has 1 heterocycles. The van der Waals surface area contributed by atoms with Crippen LogP contribution in [-0.4, -0.2) is 25.5 Å². The lowest BCUT2D eigenvalue weighted by Gasteiger charge is -2.37. The summed E-state index contributed by atoms with van der Waals surface area (Å²) in [4.78, 5) is 14.1. The molecule has 0 bridgehead atoms. The Labute approximate surface area is 108 Å². The molecule has 1 amide bonds. The zero-order chi connectivity index (χ0) is 13.1. The monoisotopic (exact) mass is 247 g/mol. The van der Waals surface area contributed by atoms with Gasteiger partial charge in [-0.25, -0.2) is 0 Å². The maximum atomic E-state index is 12.0. The van der Waals surface area contributed by atoms with Crippen LogP contribution in [0.4, 0.5) is 11.4 Å². The summed E-state index contributed by atoms with van der Waals surface area (Å²) >= 11 is 0. The normalized spacial score (nSPS) is 19.7. The molecule has 4 nitrogen and oxygen atoms in total. The van der Waals surface area contributed by atoms with Crippen molar-refractivity contribution in [3.05, 3.63) is 23.8 Å². The lowest BCUT2D eigenvalue weighted by molar-refractivity contribution is -0.122. The molecular formula is C14H21N3O. The van der Waals surface area contributed by atoms with Crippen molar-refractivity contribution in [3.8, 4) is 0 Å². The Kier molecular flexibility index (Phi) is 3.75. The van der Waals surface area contributed by atoms with Gasteiger partial charge in [0.05, 0.1) is 11.4 Å². The van der Waals surface area contributed by atoms with Crippen LogP contribution >= 0.6 is 0 Å². The van der Waals surface area contributed by atoms with Gasteiger partial charge in [0.15, 0.2) is 0 Å². The number of anilines is 2. The molecule has 1 unspecified atom stereocenters. The van der Waals surface area contributed by atoms with E-state index in [2.05, 4.69) is 10.2 Å². The van der Waals surface area contributed by atoms with E-state index < -0.39 is 0 Å². The third kappa shape index (κ3) is 2.28. The average Bonchev–Trinajstić information content (AvgIpc) is 2.41. The van der Waals surface area contributed by atoms with Crippen molar-refractivity contribution in [1.29, 1.82) is 0 Å². The number of nitrogen functional groups attached to an aromatic ring is 1. The fourth-order valence-electron chi connectivity index (χ4n) is 2.57. The number of carbonyl (C=O) groups is 1. The van der Waals surface area contributed by atoms with Gasteiger partial charge in [-0.1, -0.05) is 12.1 Å². The summed E-state index contributed by atoms with van der Waals surface area (Å²) in [7, 11) is 1.69. The molecule has 1 saturated heterocycles. The number of nitrogens with two attached hydrogens (primary N) is 1. The fraction of sp³-hybridized carbons (Fsp3) is 0.500. The number of nitrogens with zero attached hydrogens (tertiary/aromatic N) is 1. The molecule has 1 aliphatic rings. The van der Waals surface area contributed by atoms with Gasteiger partial charge >= 0.3 is 0 Å². The van der Waals surface area contributed by atoms with E-state index in [1.807, 2.05) is 25.1 Å². The van der Waals surface area contributed by atoms with E-state index in [1.165, 1.54) is 0 Å². The molecule has 1 atom stereocenters. The molecule has 1 aliphatic heterocycles. The number of amides is 1. The van der Waals surface area contributed by atoms with Crippen molar-refractivity contribution in [2.75, 3.05) is 24.2 Å². The third-order valence-corrected chi connectivity index (χ3v) is 3.66. The largest absolute Gasteiger partial charge is 0.397 e. The van der Waals surface area contributed by atoms with Crippen molar-refractivity contribution in [3.63, 3.8) is 0 Å². The number of piperidine rings is 1. The summed E-state index contributed by atoms with van der Waals surface area (Å²) in [6.07, 6.45) is 3.11. The van der Waals surface area contributed by atoms with Crippen LogP contribution in [0.25, 0.3) is 0 Å². The van der Waals surface area contributed by atoms with Gasteiger partial charge in [0.1, 0.15) is 6.04 Å². The number of para-hydroxylation sites is 1. The van der Waals surface area contributed by atoms with Crippen LogP contribution in [0.2, 0.25) is 0 Å². The second-order valence-electron chi connectivity index (χ2n) is 4.83. The molecule has 1 aromatic rings. The molecule has 2 rings (SSSR count). The summed E-state index contributed by atoms with van der Waals surface area (Å²) < 4.78 is 0. The molecule has 4 heteroatoms. The molecule has 1 aromatic carbocycles. The maximum Gasteiger partial charge on any atom is 0.242 e. The Balaban J connectivity index is 2.34. The topological polar surface area (TPSA) is 58.4 Å². The zero-order valence-corrected chi connectivity index (χ0v) is 11.1. The summed E-state index contributed by atoms with van der Waals surface area (Å²) in [5.74, 6) is 0.0793. The summed E-state index contributed by atoms with van der Waals surface area (Å²) in [5, 5.41) is 2.75. The van der Waals surface area contributed by atoms with Crippen LogP contribution in [0, 0.1) is 6.92 Å². The predicted octanol–water partition coefficient (Wildman–Crippen LogP) is 1.68. The number of nitrogens with one attached hydrogen (secondary N) is 1. The number of hydrogen-bond acceptors (Lipinski definition) is 3. The number of hydrogen-bond donors (Lipinski definition) is 2. The Hall–Kier alpha value is -1.71. The van der Waals surface area contributed by atoms with Gasteiger partial charge in [-0.15, -0.1) is 0 Å². The second kappa shape index (κ2) is 5.29. The van der Waals surface area contributed by atoms with Gasteiger partial charge in [0, 0.05) is 13.6 Å². The van der Waals surface area contributed by atoms with Crippen molar-refractivity contribution in [2.24, 2.45) is 0 Å². The first-order valence-electron chi connectivity index (χ1n) is 6.48. The summed E-state index contributed by atoms with van der Waals surface area (Å²) in [6, 6.07) is 5.91. The van der Waals surface area contributed by atoms with Crippen molar-refractivity contribution >= 4 is 17.3 Å². The van der Waals surface area contributed by atoms with Gasteiger partial charge in [-0.3, -0.25) is 4.79 Å². The first-order chi connectivity index (χ1) is 8.65. The van der Waals surface area contributed by atoms with E-state index in [1.54, 1.807) is 7.05 Å². The standard InChI is InChI=1S/C14H21N3O/c1-10-6-5-8-11(13(10)15)17-9-4-3-7-12(17)14(18)16-2/h5-6,8,12H,3-4,7,9,15H2,1-2H3,(H,16,18). The molecule has 18 heavy (non-hydrogen) atoms. The SMILES string of the molecule is CNC(=O)C1CCCCN1c1cccc(C)c1N. The minimum absolute atomic E-state index is 0.0793. The Morgan fingerprint density at radius 2 is 2.22 bits per heavy atom. The van der Waals surface area contributed by atoms with Gasteiger partial charge in [0.25, 0.3) is 0 Å². The number of likely N-dealkylation sites (N-methyl/N-ethyl adjacent to an activating group) is 1. The maximum absolute atomic E-state index is 12.0. The first-order valence-corrected chi connectivity index (χ1v) is 6.48. The van der Waals surface area contributed by atoms with Gasteiger partial charge in [-0.2, -0.15) is 0 Å². The van der Waals surface area contributed by atoms with Gasteiger partial charge in [-0.05, 0) is 37.8 Å². The van der Waals surface area contributed by atoms with Crippen LogP contribution in [0.15, 0.2) is 18.2 Å². The van der Waals surface area contributed by atoms with Crippen molar-refractivity contribution in [1.82, 2.24) is 5.32 Å². The van der Waals surface area contributed by atoms with E-state index >= 15 is 0 Å². The lowest BCUT2D eigenvalue weighted by Crippen LogP contribution is -2.49. The van der Waals surface area contributed by atoms with E-state index in [9.17, 15) is 4.79 Å². The van der Waals surface area contributed by atoms with Crippen LogP contribution in [-0.2, 0) is 4.79 Å². The van der Waals surface area contributed by atoms with Crippen molar-refractivity contribution < 1.29 is 4.79 Å². The molecule has 0 aromatic heterocycles. The molecule has 1 fully saturated rings. The molecule has 0 saturated carbocycles. The van der Waals surface area contributed by atoms with E-state index in [4.69, 9.17) is 5.73 Å². The van der Waals surface area contributed by atoms with E-state index in [-0.39, 0.29) is 11.9 Å². The lowest BCUT2D eigenvalue weighted by atomic mass is 9.99.